The average molecular weight is 389 g/mol. The highest BCUT2D eigenvalue weighted by molar-refractivity contribution is 6.35. The molecule has 7 heteroatoms. The molecule has 26 heavy (non-hydrogen) atoms. The van der Waals surface area contributed by atoms with Crippen molar-refractivity contribution < 1.29 is 4.79 Å². The number of carbonyl (C=O) groups excluding carboxylic acids is 1. The van der Waals surface area contributed by atoms with E-state index in [1.165, 1.54) is 0 Å². The van der Waals surface area contributed by atoms with Crippen molar-refractivity contribution in [2.75, 3.05) is 5.32 Å². The number of carbonyl (C=O) groups is 1. The molecule has 1 aromatic heterocycles. The van der Waals surface area contributed by atoms with Gasteiger partial charge in [-0.25, -0.2) is 4.79 Å². The molecule has 2 aromatic carbocycles. The van der Waals surface area contributed by atoms with Gasteiger partial charge in [0.15, 0.2) is 0 Å². The van der Waals surface area contributed by atoms with E-state index in [2.05, 4.69) is 15.7 Å². The fourth-order valence-corrected chi connectivity index (χ4v) is 3.14. The standard InChI is InChI=1S/C19H18Cl2N4O/c1-13(17-8-5-15(20)11-18(17)21)23-19(26)24-16-6-3-14(4-7-16)12-25-10-2-9-22-25/h2-11,13H,12H2,1H3,(H2,23,24,26). The Morgan fingerprint density at radius 2 is 1.96 bits per heavy atom. The summed E-state index contributed by atoms with van der Waals surface area (Å²) in [5.74, 6) is 0. The molecule has 0 bridgehead atoms. The van der Waals surface area contributed by atoms with Crippen molar-refractivity contribution in [2.24, 2.45) is 0 Å². The van der Waals surface area contributed by atoms with Crippen molar-refractivity contribution in [3.63, 3.8) is 0 Å². The van der Waals surface area contributed by atoms with Gasteiger partial charge in [0.1, 0.15) is 0 Å². The summed E-state index contributed by atoms with van der Waals surface area (Å²) in [7, 11) is 0. The third-order valence-corrected chi connectivity index (χ3v) is 4.45. The molecular weight excluding hydrogens is 371 g/mol. The molecule has 0 saturated carbocycles. The van der Waals surface area contributed by atoms with Gasteiger partial charge in [-0.2, -0.15) is 5.10 Å². The molecule has 1 atom stereocenters. The first-order valence-electron chi connectivity index (χ1n) is 8.10. The van der Waals surface area contributed by atoms with Gasteiger partial charge in [0.2, 0.25) is 0 Å². The van der Waals surface area contributed by atoms with Crippen LogP contribution in [0.2, 0.25) is 10.0 Å². The molecule has 0 aliphatic heterocycles. The number of halogens is 2. The minimum Gasteiger partial charge on any atom is -0.331 e. The minimum absolute atomic E-state index is 0.251. The summed E-state index contributed by atoms with van der Waals surface area (Å²) in [6.45, 7) is 2.55. The van der Waals surface area contributed by atoms with Crippen LogP contribution in [-0.2, 0) is 6.54 Å². The molecule has 3 rings (SSSR count). The molecule has 3 aromatic rings. The Bertz CT molecular complexity index is 879. The normalized spacial score (nSPS) is 11.8. The predicted molar refractivity (Wildman–Crippen MR) is 105 cm³/mol. The van der Waals surface area contributed by atoms with E-state index in [4.69, 9.17) is 23.2 Å². The number of nitrogens with zero attached hydrogens (tertiary/aromatic N) is 2. The zero-order valence-corrected chi connectivity index (χ0v) is 15.6. The van der Waals surface area contributed by atoms with Crippen LogP contribution >= 0.6 is 23.2 Å². The van der Waals surface area contributed by atoms with Crippen LogP contribution in [0.15, 0.2) is 60.9 Å². The number of urea groups is 1. The summed E-state index contributed by atoms with van der Waals surface area (Å²) < 4.78 is 1.84. The number of amides is 2. The molecule has 0 fully saturated rings. The Morgan fingerprint density at radius 3 is 2.62 bits per heavy atom. The van der Waals surface area contributed by atoms with Crippen molar-refractivity contribution in [2.45, 2.75) is 19.5 Å². The lowest BCUT2D eigenvalue weighted by Crippen LogP contribution is -2.31. The fraction of sp³-hybridized carbons (Fsp3) is 0.158. The molecule has 5 nitrogen and oxygen atoms in total. The van der Waals surface area contributed by atoms with E-state index < -0.39 is 0 Å². The van der Waals surface area contributed by atoms with E-state index in [-0.39, 0.29) is 12.1 Å². The van der Waals surface area contributed by atoms with Crippen LogP contribution in [0, 0.1) is 0 Å². The summed E-state index contributed by atoms with van der Waals surface area (Å²) in [5.41, 5.74) is 2.61. The summed E-state index contributed by atoms with van der Waals surface area (Å²) >= 11 is 12.1. The molecule has 0 aliphatic carbocycles. The number of benzene rings is 2. The quantitative estimate of drug-likeness (QED) is 0.636. The highest BCUT2D eigenvalue weighted by atomic mass is 35.5. The molecular formula is C19H18Cl2N4O. The maximum Gasteiger partial charge on any atom is 0.319 e. The summed E-state index contributed by atoms with van der Waals surface area (Å²) in [6.07, 6.45) is 3.65. The number of hydrogen-bond donors (Lipinski definition) is 2. The van der Waals surface area contributed by atoms with Crippen LogP contribution < -0.4 is 10.6 Å². The molecule has 2 N–H and O–H groups in total. The lowest BCUT2D eigenvalue weighted by atomic mass is 10.1. The van der Waals surface area contributed by atoms with Gasteiger partial charge in [0.05, 0.1) is 12.6 Å². The number of hydrogen-bond acceptors (Lipinski definition) is 2. The van der Waals surface area contributed by atoms with Crippen LogP contribution in [0.3, 0.4) is 0 Å². The van der Waals surface area contributed by atoms with Gasteiger partial charge in [-0.3, -0.25) is 4.68 Å². The number of aromatic nitrogens is 2. The highest BCUT2D eigenvalue weighted by Gasteiger charge is 2.13. The van der Waals surface area contributed by atoms with E-state index in [0.29, 0.717) is 22.3 Å². The molecule has 134 valence electrons. The number of nitrogens with one attached hydrogen (secondary N) is 2. The maximum absolute atomic E-state index is 12.2. The van der Waals surface area contributed by atoms with Gasteiger partial charge < -0.3 is 10.6 Å². The Balaban J connectivity index is 1.57. The molecule has 0 spiro atoms. The van der Waals surface area contributed by atoms with Crippen LogP contribution in [0.4, 0.5) is 10.5 Å². The van der Waals surface area contributed by atoms with Gasteiger partial charge in [0.25, 0.3) is 0 Å². The molecule has 2 amide bonds. The lowest BCUT2D eigenvalue weighted by molar-refractivity contribution is 0.249. The Kier molecular flexibility index (Phi) is 5.81. The fourth-order valence-electron chi connectivity index (χ4n) is 2.57. The second-order valence-electron chi connectivity index (χ2n) is 5.89. The smallest absolute Gasteiger partial charge is 0.319 e. The lowest BCUT2D eigenvalue weighted by Gasteiger charge is -2.16. The minimum atomic E-state index is -0.302. The van der Waals surface area contributed by atoms with Crippen molar-refractivity contribution in [1.29, 1.82) is 0 Å². The van der Waals surface area contributed by atoms with Crippen LogP contribution in [0.1, 0.15) is 24.1 Å². The molecule has 0 radical (unpaired) electrons. The largest absolute Gasteiger partial charge is 0.331 e. The van der Waals surface area contributed by atoms with Crippen LogP contribution in [-0.4, -0.2) is 15.8 Å². The molecule has 0 saturated heterocycles. The molecule has 1 unspecified atom stereocenters. The second-order valence-corrected chi connectivity index (χ2v) is 6.73. The Morgan fingerprint density at radius 1 is 1.19 bits per heavy atom. The summed E-state index contributed by atoms with van der Waals surface area (Å²) in [5, 5.41) is 10.9. The average Bonchev–Trinajstić information content (AvgIpc) is 3.09. The second kappa shape index (κ2) is 8.25. The van der Waals surface area contributed by atoms with Crippen molar-refractivity contribution >= 4 is 34.9 Å². The van der Waals surface area contributed by atoms with E-state index in [1.807, 2.05) is 48.1 Å². The van der Waals surface area contributed by atoms with Crippen LogP contribution in [0.25, 0.3) is 0 Å². The first-order valence-corrected chi connectivity index (χ1v) is 8.85. The summed E-state index contributed by atoms with van der Waals surface area (Å²) in [6, 6.07) is 14.2. The van der Waals surface area contributed by atoms with E-state index in [9.17, 15) is 4.79 Å². The summed E-state index contributed by atoms with van der Waals surface area (Å²) in [4.78, 5) is 12.2. The predicted octanol–water partition coefficient (Wildman–Crippen LogP) is 5.12. The first-order chi connectivity index (χ1) is 12.5. The highest BCUT2D eigenvalue weighted by Crippen LogP contribution is 2.26. The maximum atomic E-state index is 12.2. The van der Waals surface area contributed by atoms with Gasteiger partial charge >= 0.3 is 6.03 Å². The van der Waals surface area contributed by atoms with Crippen molar-refractivity contribution in [3.8, 4) is 0 Å². The van der Waals surface area contributed by atoms with Crippen LogP contribution in [0.5, 0.6) is 0 Å². The number of anilines is 1. The van der Waals surface area contributed by atoms with Crippen molar-refractivity contribution in [3.05, 3.63) is 82.1 Å². The first kappa shape index (κ1) is 18.3. The molecule has 0 aliphatic rings. The van der Waals surface area contributed by atoms with Gasteiger partial charge in [-0.05, 0) is 48.4 Å². The van der Waals surface area contributed by atoms with E-state index >= 15 is 0 Å². The van der Waals surface area contributed by atoms with Crippen molar-refractivity contribution in [1.82, 2.24) is 15.1 Å². The van der Waals surface area contributed by atoms with E-state index in [1.54, 1.807) is 24.4 Å². The van der Waals surface area contributed by atoms with Gasteiger partial charge in [-0.15, -0.1) is 0 Å². The number of rotatable bonds is 5. The third-order valence-electron chi connectivity index (χ3n) is 3.89. The molecule has 1 heterocycles. The topological polar surface area (TPSA) is 59.0 Å². The Labute approximate surface area is 161 Å². The van der Waals surface area contributed by atoms with Gasteiger partial charge in [-0.1, -0.05) is 41.4 Å². The monoisotopic (exact) mass is 388 g/mol. The van der Waals surface area contributed by atoms with E-state index in [0.717, 1.165) is 11.1 Å². The zero-order chi connectivity index (χ0) is 18.5. The SMILES string of the molecule is CC(NC(=O)Nc1ccc(Cn2cccn2)cc1)c1ccc(Cl)cc1Cl. The van der Waals surface area contributed by atoms with Gasteiger partial charge in [0, 0.05) is 28.1 Å². The third kappa shape index (κ3) is 4.77. The zero-order valence-electron chi connectivity index (χ0n) is 14.1. The Hall–Kier alpha value is -2.50.